The number of amides is 3. The van der Waals surface area contributed by atoms with Gasteiger partial charge in [-0.1, -0.05) is 48.5 Å². The monoisotopic (exact) mass is 310 g/mol. The largest absolute Gasteiger partial charge is 0.480 e. The Morgan fingerprint density at radius 2 is 1.52 bits per heavy atom. The van der Waals surface area contributed by atoms with E-state index in [9.17, 15) is 14.4 Å². The minimum absolute atomic E-state index is 0.535. The second-order valence-corrected chi connectivity index (χ2v) is 5.12. The third-order valence-corrected chi connectivity index (χ3v) is 3.64. The van der Waals surface area contributed by atoms with Gasteiger partial charge in [-0.2, -0.15) is 0 Å². The van der Waals surface area contributed by atoms with Gasteiger partial charge in [0.15, 0.2) is 0 Å². The van der Waals surface area contributed by atoms with Gasteiger partial charge in [-0.25, -0.2) is 4.79 Å². The van der Waals surface area contributed by atoms with Crippen LogP contribution in [0.15, 0.2) is 60.7 Å². The molecule has 0 radical (unpaired) electrons. The molecule has 2 aromatic rings. The highest BCUT2D eigenvalue weighted by Gasteiger charge is 2.47. The Hall–Kier alpha value is -3.15. The number of benzene rings is 2. The van der Waals surface area contributed by atoms with E-state index in [1.165, 1.54) is 4.90 Å². The van der Waals surface area contributed by atoms with E-state index in [2.05, 4.69) is 0 Å². The molecule has 1 N–H and O–H groups in total. The SMILES string of the molecule is O=C(O)CN1C(=O)C(c2ccccc2)N(c2ccccc2)C1=O. The molecule has 1 saturated heterocycles. The molecule has 23 heavy (non-hydrogen) atoms. The molecule has 0 bridgehead atoms. The lowest BCUT2D eigenvalue weighted by Crippen LogP contribution is -2.36. The van der Waals surface area contributed by atoms with Gasteiger partial charge in [0.25, 0.3) is 5.91 Å². The molecule has 1 heterocycles. The maximum absolute atomic E-state index is 12.6. The van der Waals surface area contributed by atoms with Crippen LogP contribution in [0.5, 0.6) is 0 Å². The number of carboxylic acids is 1. The van der Waals surface area contributed by atoms with Crippen LogP contribution in [0.4, 0.5) is 10.5 Å². The van der Waals surface area contributed by atoms with Crippen molar-refractivity contribution in [1.82, 2.24) is 4.90 Å². The Balaban J connectivity index is 2.07. The van der Waals surface area contributed by atoms with E-state index in [1.807, 2.05) is 6.07 Å². The second-order valence-electron chi connectivity index (χ2n) is 5.12. The Kier molecular flexibility index (Phi) is 3.80. The lowest BCUT2D eigenvalue weighted by atomic mass is 10.1. The summed E-state index contributed by atoms with van der Waals surface area (Å²) in [6, 6.07) is 16.1. The van der Waals surface area contributed by atoms with E-state index in [1.54, 1.807) is 54.6 Å². The summed E-state index contributed by atoms with van der Waals surface area (Å²) in [6.07, 6.45) is 0. The van der Waals surface area contributed by atoms with Crippen LogP contribution in [0, 0.1) is 0 Å². The van der Waals surface area contributed by atoms with Crippen molar-refractivity contribution in [3.05, 3.63) is 66.2 Å². The minimum atomic E-state index is -1.23. The van der Waals surface area contributed by atoms with E-state index < -0.39 is 30.5 Å². The molecule has 3 amide bonds. The third-order valence-electron chi connectivity index (χ3n) is 3.64. The van der Waals surface area contributed by atoms with Gasteiger partial charge in [-0.05, 0) is 17.7 Å². The quantitative estimate of drug-likeness (QED) is 0.879. The molecule has 3 rings (SSSR count). The Labute approximate surface area is 132 Å². The fourth-order valence-corrected chi connectivity index (χ4v) is 2.65. The molecular formula is C17H14N2O4. The molecule has 0 aliphatic carbocycles. The van der Waals surface area contributed by atoms with Crippen LogP contribution in [0.3, 0.4) is 0 Å². The molecule has 116 valence electrons. The molecule has 0 saturated carbocycles. The van der Waals surface area contributed by atoms with Crippen molar-refractivity contribution in [3.63, 3.8) is 0 Å². The smallest absolute Gasteiger partial charge is 0.332 e. The Morgan fingerprint density at radius 3 is 2.09 bits per heavy atom. The number of carboxylic acid groups (broad SMARTS) is 1. The van der Waals surface area contributed by atoms with E-state index in [-0.39, 0.29) is 0 Å². The standard InChI is InChI=1S/C17H14N2O4/c20-14(21)11-18-16(22)15(12-7-3-1-4-8-12)19(17(18)23)13-9-5-2-6-10-13/h1-10,15H,11H2,(H,20,21). The summed E-state index contributed by atoms with van der Waals surface area (Å²) in [5, 5.41) is 8.96. The first kappa shape index (κ1) is 14.8. The fraction of sp³-hybridized carbons (Fsp3) is 0.118. The number of para-hydroxylation sites is 1. The average molecular weight is 310 g/mol. The maximum Gasteiger partial charge on any atom is 0.332 e. The van der Waals surface area contributed by atoms with Crippen molar-refractivity contribution in [2.45, 2.75) is 6.04 Å². The number of hydrogen-bond acceptors (Lipinski definition) is 3. The third kappa shape index (κ3) is 2.66. The van der Waals surface area contributed by atoms with Crippen molar-refractivity contribution in [2.24, 2.45) is 0 Å². The minimum Gasteiger partial charge on any atom is -0.480 e. The van der Waals surface area contributed by atoms with Crippen LogP contribution in [0.1, 0.15) is 11.6 Å². The zero-order valence-corrected chi connectivity index (χ0v) is 12.1. The van der Waals surface area contributed by atoms with Crippen molar-refractivity contribution < 1.29 is 19.5 Å². The molecule has 2 aromatic carbocycles. The number of urea groups is 1. The number of carbonyl (C=O) groups is 3. The number of anilines is 1. The summed E-state index contributed by atoms with van der Waals surface area (Å²) >= 11 is 0. The lowest BCUT2D eigenvalue weighted by molar-refractivity contribution is -0.141. The zero-order chi connectivity index (χ0) is 16.4. The predicted molar refractivity (Wildman–Crippen MR) is 82.8 cm³/mol. The Morgan fingerprint density at radius 1 is 0.957 bits per heavy atom. The van der Waals surface area contributed by atoms with E-state index in [0.29, 0.717) is 11.3 Å². The number of rotatable bonds is 4. The fourth-order valence-electron chi connectivity index (χ4n) is 2.65. The summed E-state index contributed by atoms with van der Waals surface area (Å²) in [5.74, 6) is -1.76. The summed E-state index contributed by atoms with van der Waals surface area (Å²) in [6.45, 7) is -0.648. The van der Waals surface area contributed by atoms with Crippen LogP contribution in [0.2, 0.25) is 0 Å². The normalized spacial score (nSPS) is 17.7. The lowest BCUT2D eigenvalue weighted by Gasteiger charge is -2.22. The molecular weight excluding hydrogens is 296 g/mol. The molecule has 1 aliphatic heterocycles. The summed E-state index contributed by atoms with van der Waals surface area (Å²) in [7, 11) is 0. The van der Waals surface area contributed by atoms with Gasteiger partial charge in [-0.15, -0.1) is 0 Å². The maximum atomic E-state index is 12.6. The van der Waals surface area contributed by atoms with Crippen molar-refractivity contribution in [2.75, 3.05) is 11.4 Å². The second kappa shape index (κ2) is 5.92. The van der Waals surface area contributed by atoms with E-state index >= 15 is 0 Å². The van der Waals surface area contributed by atoms with Gasteiger partial charge in [0.2, 0.25) is 0 Å². The molecule has 1 unspecified atom stereocenters. The van der Waals surface area contributed by atoms with Crippen LogP contribution in [0.25, 0.3) is 0 Å². The van der Waals surface area contributed by atoms with Crippen LogP contribution >= 0.6 is 0 Å². The van der Waals surface area contributed by atoms with Crippen molar-refractivity contribution >= 4 is 23.6 Å². The summed E-state index contributed by atoms with van der Waals surface area (Å²) in [5.41, 5.74) is 1.19. The number of hydrogen-bond donors (Lipinski definition) is 1. The van der Waals surface area contributed by atoms with Crippen molar-refractivity contribution in [3.8, 4) is 0 Å². The number of aliphatic carboxylic acids is 1. The molecule has 1 aliphatic rings. The molecule has 6 nitrogen and oxygen atoms in total. The van der Waals surface area contributed by atoms with Crippen LogP contribution in [-0.2, 0) is 9.59 Å². The van der Waals surface area contributed by atoms with Crippen LogP contribution in [-0.4, -0.2) is 34.5 Å². The average Bonchev–Trinajstić information content (AvgIpc) is 2.80. The van der Waals surface area contributed by atoms with Crippen LogP contribution < -0.4 is 4.90 Å². The zero-order valence-electron chi connectivity index (χ0n) is 12.1. The van der Waals surface area contributed by atoms with Crippen molar-refractivity contribution in [1.29, 1.82) is 0 Å². The number of imide groups is 1. The van der Waals surface area contributed by atoms with Gasteiger partial charge in [0.1, 0.15) is 12.6 Å². The van der Waals surface area contributed by atoms with E-state index in [0.717, 1.165) is 4.90 Å². The highest BCUT2D eigenvalue weighted by Crippen LogP contribution is 2.35. The predicted octanol–water partition coefficient (Wildman–Crippen LogP) is 2.28. The molecule has 1 fully saturated rings. The number of carbonyl (C=O) groups excluding carboxylic acids is 2. The topological polar surface area (TPSA) is 77.9 Å². The molecule has 1 atom stereocenters. The van der Waals surface area contributed by atoms with Gasteiger partial charge in [0, 0.05) is 5.69 Å². The first-order valence-electron chi connectivity index (χ1n) is 7.06. The number of nitrogens with zero attached hydrogens (tertiary/aromatic N) is 2. The highest BCUT2D eigenvalue weighted by atomic mass is 16.4. The van der Waals surface area contributed by atoms with Gasteiger partial charge in [-0.3, -0.25) is 19.4 Å². The van der Waals surface area contributed by atoms with Gasteiger partial charge < -0.3 is 5.11 Å². The first-order chi connectivity index (χ1) is 11.1. The highest BCUT2D eigenvalue weighted by molar-refractivity contribution is 6.15. The molecule has 6 heteroatoms. The summed E-state index contributed by atoms with van der Waals surface area (Å²) < 4.78 is 0. The van der Waals surface area contributed by atoms with E-state index in [4.69, 9.17) is 5.11 Å². The first-order valence-corrected chi connectivity index (χ1v) is 7.06. The Bertz CT molecular complexity index is 688. The molecule has 0 aromatic heterocycles. The van der Waals surface area contributed by atoms with Gasteiger partial charge in [0.05, 0.1) is 0 Å². The summed E-state index contributed by atoms with van der Waals surface area (Å²) in [4.78, 5) is 38.3. The van der Waals surface area contributed by atoms with Gasteiger partial charge >= 0.3 is 12.0 Å². The molecule has 0 spiro atoms.